The summed E-state index contributed by atoms with van der Waals surface area (Å²) in [5, 5.41) is 4.66. The largest absolute Gasteiger partial charge is 0.340 e. The normalized spacial score (nSPS) is 14.2. The molecule has 0 aromatic heterocycles. The van der Waals surface area contributed by atoms with Crippen LogP contribution in [0.1, 0.15) is 5.56 Å². The zero-order chi connectivity index (χ0) is 17.5. The molecule has 1 heterocycles. The van der Waals surface area contributed by atoms with Gasteiger partial charge in [-0.05, 0) is 18.3 Å². The van der Waals surface area contributed by atoms with Crippen LogP contribution in [0.5, 0.6) is 0 Å². The fourth-order valence-corrected chi connectivity index (χ4v) is 2.60. The highest BCUT2D eigenvalue weighted by molar-refractivity contribution is 7.80. The molecule has 1 aliphatic rings. The van der Waals surface area contributed by atoms with Crippen molar-refractivity contribution < 1.29 is 4.79 Å². The van der Waals surface area contributed by atoms with Crippen molar-refractivity contribution in [2.75, 3.05) is 24.5 Å². The van der Waals surface area contributed by atoms with E-state index in [-0.39, 0.29) is 5.91 Å². The lowest BCUT2D eigenvalue weighted by Crippen LogP contribution is -2.39. The Morgan fingerprint density at radius 3 is 2.50 bits per heavy atom. The molecule has 0 fully saturated rings. The lowest BCUT2D eigenvalue weighted by atomic mass is 10.1. The van der Waals surface area contributed by atoms with Crippen LogP contribution in [0, 0.1) is 0 Å². The number of nitrogens with one attached hydrogen (secondary N) is 1. The van der Waals surface area contributed by atoms with E-state index in [1.165, 1.54) is 0 Å². The number of benzene rings is 1. The first kappa shape index (κ1) is 17.6. The summed E-state index contributed by atoms with van der Waals surface area (Å²) in [4.78, 5) is 16.1. The summed E-state index contributed by atoms with van der Waals surface area (Å²) < 4.78 is 0. The topological polar surface area (TPSA) is 47.9 Å². The van der Waals surface area contributed by atoms with Crippen molar-refractivity contribution in [1.82, 2.24) is 10.3 Å². The Bertz CT molecular complexity index is 701. The van der Waals surface area contributed by atoms with Crippen LogP contribution >= 0.6 is 12.2 Å². The Kier molecular flexibility index (Phi) is 6.03. The van der Waals surface area contributed by atoms with Gasteiger partial charge in [0.1, 0.15) is 0 Å². The first-order chi connectivity index (χ1) is 11.6. The predicted molar refractivity (Wildman–Crippen MR) is 103 cm³/mol. The molecule has 0 saturated heterocycles. The van der Waals surface area contributed by atoms with Gasteiger partial charge in [0.25, 0.3) is 5.91 Å². The number of hydrogen-bond donors (Lipinski definition) is 1. The quantitative estimate of drug-likeness (QED) is 0.471. The average Bonchev–Trinajstić information content (AvgIpc) is 2.85. The molecule has 0 bridgehead atoms. The van der Waals surface area contributed by atoms with Crippen molar-refractivity contribution >= 4 is 34.6 Å². The third-order valence-corrected chi connectivity index (χ3v) is 3.81. The molecule has 6 heteroatoms. The van der Waals surface area contributed by atoms with Crippen LogP contribution < -0.4 is 10.3 Å². The van der Waals surface area contributed by atoms with Gasteiger partial charge in [-0.15, -0.1) is 19.7 Å². The van der Waals surface area contributed by atoms with Crippen molar-refractivity contribution in [2.45, 2.75) is 0 Å². The minimum absolute atomic E-state index is 0.176. The molecule has 1 aromatic rings. The predicted octanol–water partition coefficient (Wildman–Crippen LogP) is 2.47. The summed E-state index contributed by atoms with van der Waals surface area (Å²) in [5.41, 5.74) is 4.74. The Morgan fingerprint density at radius 2 is 1.88 bits per heavy atom. The number of carbonyl (C=O) groups excluding carboxylic acids is 1. The zero-order valence-electron chi connectivity index (χ0n) is 13.4. The second kappa shape index (κ2) is 8.21. The molecule has 5 nitrogen and oxygen atoms in total. The van der Waals surface area contributed by atoms with Gasteiger partial charge in [-0.25, -0.2) is 0 Å². The lowest BCUT2D eigenvalue weighted by Gasteiger charge is -2.21. The minimum atomic E-state index is -0.176. The minimum Gasteiger partial charge on any atom is -0.340 e. The zero-order valence-corrected chi connectivity index (χ0v) is 14.3. The van der Waals surface area contributed by atoms with Crippen molar-refractivity contribution in [3.05, 3.63) is 67.8 Å². The number of hydrogen-bond acceptors (Lipinski definition) is 3. The first-order valence-electron chi connectivity index (χ1n) is 7.50. The Hall–Kier alpha value is -2.73. The number of fused-ring (bicyclic) bond motifs is 1. The summed E-state index contributed by atoms with van der Waals surface area (Å²) in [7, 11) is 0. The maximum absolute atomic E-state index is 12.6. The van der Waals surface area contributed by atoms with Gasteiger partial charge in [0.15, 0.2) is 10.8 Å². The number of anilines is 1. The number of para-hydroxylation sites is 1. The number of nitrogens with zero attached hydrogens (tertiary/aromatic N) is 3. The molecular weight excluding hydrogens is 320 g/mol. The summed E-state index contributed by atoms with van der Waals surface area (Å²) in [6.07, 6.45) is 5.17. The van der Waals surface area contributed by atoms with E-state index in [1.54, 1.807) is 23.1 Å². The van der Waals surface area contributed by atoms with E-state index in [0.29, 0.717) is 30.5 Å². The summed E-state index contributed by atoms with van der Waals surface area (Å²) >= 11 is 5.33. The third-order valence-electron chi connectivity index (χ3n) is 3.46. The molecule has 0 radical (unpaired) electrons. The van der Waals surface area contributed by atoms with Crippen molar-refractivity contribution in [3.63, 3.8) is 0 Å². The van der Waals surface area contributed by atoms with Gasteiger partial charge in [-0.1, -0.05) is 36.4 Å². The fraction of sp³-hybridized carbons (Fsp3) is 0.167. The van der Waals surface area contributed by atoms with E-state index in [1.807, 2.05) is 29.2 Å². The van der Waals surface area contributed by atoms with E-state index in [9.17, 15) is 4.79 Å². The smallest absolute Gasteiger partial charge is 0.279 e. The molecule has 1 amide bonds. The number of carbonyl (C=O) groups is 1. The van der Waals surface area contributed by atoms with Gasteiger partial charge in [-0.2, -0.15) is 5.10 Å². The summed E-state index contributed by atoms with van der Waals surface area (Å²) in [6, 6.07) is 7.52. The first-order valence-corrected chi connectivity index (χ1v) is 7.91. The number of thiocarbonyl (C=S) groups is 1. The van der Waals surface area contributed by atoms with Gasteiger partial charge < -0.3 is 9.80 Å². The maximum Gasteiger partial charge on any atom is 0.279 e. The van der Waals surface area contributed by atoms with Gasteiger partial charge in [0.05, 0.1) is 5.69 Å². The Balaban J connectivity index is 2.24. The molecule has 0 aliphatic carbocycles. The van der Waals surface area contributed by atoms with Crippen molar-refractivity contribution in [3.8, 4) is 0 Å². The number of hydrazone groups is 1. The standard InChI is InChI=1S/C18H20N4OS/c1-4-11-21(12-5-2)18(24)20-19-16-14-9-7-8-10-15(14)22(13-6-3)17(16)23/h4-10H,1-3,11-13H2,(H,20,24). The van der Waals surface area contributed by atoms with Crippen LogP contribution in [0.2, 0.25) is 0 Å². The van der Waals surface area contributed by atoms with Crippen LogP contribution in [0.15, 0.2) is 67.3 Å². The SMILES string of the molecule is C=CCN(CC=C)C(=S)NN=C1C(=O)N(CC=C)c2ccccc21. The van der Waals surface area contributed by atoms with E-state index in [0.717, 1.165) is 11.3 Å². The van der Waals surface area contributed by atoms with E-state index in [2.05, 4.69) is 30.3 Å². The summed E-state index contributed by atoms with van der Waals surface area (Å²) in [5.74, 6) is -0.176. The lowest BCUT2D eigenvalue weighted by molar-refractivity contribution is -0.112. The summed E-state index contributed by atoms with van der Waals surface area (Å²) in [6.45, 7) is 12.7. The van der Waals surface area contributed by atoms with Crippen LogP contribution in [-0.2, 0) is 4.79 Å². The van der Waals surface area contributed by atoms with Crippen LogP contribution in [-0.4, -0.2) is 41.3 Å². The number of amides is 1. The highest BCUT2D eigenvalue weighted by atomic mass is 32.1. The molecular formula is C18H20N4OS. The average molecular weight is 340 g/mol. The van der Waals surface area contributed by atoms with Crippen molar-refractivity contribution in [1.29, 1.82) is 0 Å². The van der Waals surface area contributed by atoms with Gasteiger partial charge >= 0.3 is 0 Å². The molecule has 1 aliphatic heterocycles. The third kappa shape index (κ3) is 3.60. The van der Waals surface area contributed by atoms with E-state index in [4.69, 9.17) is 12.2 Å². The van der Waals surface area contributed by atoms with Gasteiger partial charge in [0, 0.05) is 25.2 Å². The molecule has 124 valence electrons. The van der Waals surface area contributed by atoms with E-state index >= 15 is 0 Å². The van der Waals surface area contributed by atoms with Gasteiger partial charge in [0.2, 0.25) is 0 Å². The van der Waals surface area contributed by atoms with Crippen LogP contribution in [0.4, 0.5) is 5.69 Å². The monoisotopic (exact) mass is 340 g/mol. The number of rotatable bonds is 7. The second-order valence-corrected chi connectivity index (χ2v) is 5.47. The molecule has 0 spiro atoms. The maximum atomic E-state index is 12.6. The fourth-order valence-electron chi connectivity index (χ4n) is 2.41. The van der Waals surface area contributed by atoms with Crippen LogP contribution in [0.3, 0.4) is 0 Å². The molecule has 2 rings (SSSR count). The second-order valence-electron chi connectivity index (χ2n) is 5.08. The molecule has 0 atom stereocenters. The van der Waals surface area contributed by atoms with E-state index < -0.39 is 0 Å². The Morgan fingerprint density at radius 1 is 1.21 bits per heavy atom. The van der Waals surface area contributed by atoms with Crippen molar-refractivity contribution in [2.24, 2.45) is 5.10 Å². The highest BCUT2D eigenvalue weighted by Gasteiger charge is 2.33. The highest BCUT2D eigenvalue weighted by Crippen LogP contribution is 2.28. The molecule has 1 N–H and O–H groups in total. The molecule has 1 aromatic carbocycles. The molecule has 0 unspecified atom stereocenters. The Labute approximate surface area is 147 Å². The molecule has 0 saturated carbocycles. The van der Waals surface area contributed by atoms with Gasteiger partial charge in [-0.3, -0.25) is 10.2 Å². The molecule has 24 heavy (non-hydrogen) atoms. The van der Waals surface area contributed by atoms with Crippen LogP contribution in [0.25, 0.3) is 0 Å².